The van der Waals surface area contributed by atoms with Gasteiger partial charge in [0.1, 0.15) is 5.69 Å². The zero-order chi connectivity index (χ0) is 17.2. The van der Waals surface area contributed by atoms with Crippen LogP contribution in [0, 0.1) is 11.8 Å². The highest BCUT2D eigenvalue weighted by Gasteiger charge is 2.41. The van der Waals surface area contributed by atoms with Crippen molar-refractivity contribution >= 4 is 5.91 Å². The Balaban J connectivity index is 1.87. The Labute approximate surface area is 130 Å². The van der Waals surface area contributed by atoms with Crippen LogP contribution < -0.4 is 5.32 Å². The molecule has 1 N–H and O–H groups in total. The van der Waals surface area contributed by atoms with Crippen LogP contribution in [0.5, 0.6) is 0 Å². The lowest BCUT2D eigenvalue weighted by atomic mass is 9.81. The van der Waals surface area contributed by atoms with Gasteiger partial charge in [-0.05, 0) is 31.6 Å². The topological polar surface area (TPSA) is 46.9 Å². The standard InChI is InChI=1S/C14H18F5N3O/c1-22-11(12(15)16)10(7-21-22)13(23)20-6-8-2-4-9(5-3-8)14(17,18)19/h7-9,12H,2-6H2,1H3,(H,20,23). The van der Waals surface area contributed by atoms with Gasteiger partial charge in [0.05, 0.1) is 17.7 Å². The van der Waals surface area contributed by atoms with Crippen molar-refractivity contribution < 1.29 is 26.7 Å². The lowest BCUT2D eigenvalue weighted by Crippen LogP contribution is -2.34. The molecule has 0 aromatic carbocycles. The number of alkyl halides is 5. The van der Waals surface area contributed by atoms with Gasteiger partial charge in [0.2, 0.25) is 0 Å². The summed E-state index contributed by atoms with van der Waals surface area (Å²) in [6, 6.07) is 0. The van der Waals surface area contributed by atoms with Gasteiger partial charge < -0.3 is 5.32 Å². The fourth-order valence-corrected chi connectivity index (χ4v) is 2.91. The van der Waals surface area contributed by atoms with Crippen molar-refractivity contribution in [3.8, 4) is 0 Å². The van der Waals surface area contributed by atoms with Gasteiger partial charge >= 0.3 is 6.18 Å². The second kappa shape index (κ2) is 6.84. The fourth-order valence-electron chi connectivity index (χ4n) is 2.91. The van der Waals surface area contributed by atoms with Crippen LogP contribution in [0.2, 0.25) is 0 Å². The van der Waals surface area contributed by atoms with Gasteiger partial charge in [0, 0.05) is 13.6 Å². The van der Waals surface area contributed by atoms with E-state index in [4.69, 9.17) is 0 Å². The van der Waals surface area contributed by atoms with Gasteiger partial charge in [0.15, 0.2) is 0 Å². The molecule has 0 spiro atoms. The molecule has 1 saturated carbocycles. The number of nitrogens with one attached hydrogen (secondary N) is 1. The summed E-state index contributed by atoms with van der Waals surface area (Å²) in [5.41, 5.74) is -0.672. The zero-order valence-corrected chi connectivity index (χ0v) is 12.5. The van der Waals surface area contributed by atoms with Crippen LogP contribution in [-0.2, 0) is 7.05 Å². The van der Waals surface area contributed by atoms with E-state index in [2.05, 4.69) is 10.4 Å². The normalized spacial score (nSPS) is 22.4. The molecule has 0 atom stereocenters. The molecule has 2 rings (SSSR count). The van der Waals surface area contributed by atoms with Crippen LogP contribution in [0.15, 0.2) is 6.20 Å². The zero-order valence-electron chi connectivity index (χ0n) is 12.5. The highest BCUT2D eigenvalue weighted by atomic mass is 19.4. The second-order valence-corrected chi connectivity index (χ2v) is 5.84. The molecule has 23 heavy (non-hydrogen) atoms. The van der Waals surface area contributed by atoms with Crippen molar-refractivity contribution in [1.82, 2.24) is 15.1 Å². The van der Waals surface area contributed by atoms with Crippen molar-refractivity contribution in [3.63, 3.8) is 0 Å². The first kappa shape index (κ1) is 17.7. The summed E-state index contributed by atoms with van der Waals surface area (Å²) in [4.78, 5) is 12.0. The van der Waals surface area contributed by atoms with Gasteiger partial charge in [0.25, 0.3) is 12.3 Å². The molecule has 1 aliphatic rings. The number of carbonyl (C=O) groups excluding carboxylic acids is 1. The SMILES string of the molecule is Cn1ncc(C(=O)NCC2CCC(C(F)(F)F)CC2)c1C(F)F. The third-order valence-electron chi connectivity index (χ3n) is 4.30. The molecule has 0 aliphatic heterocycles. The van der Waals surface area contributed by atoms with E-state index in [-0.39, 0.29) is 30.9 Å². The maximum atomic E-state index is 12.9. The summed E-state index contributed by atoms with van der Waals surface area (Å²) >= 11 is 0. The minimum Gasteiger partial charge on any atom is -0.352 e. The van der Waals surface area contributed by atoms with Crippen LogP contribution in [0.3, 0.4) is 0 Å². The van der Waals surface area contributed by atoms with Crippen LogP contribution in [0.25, 0.3) is 0 Å². The van der Waals surface area contributed by atoms with E-state index in [1.54, 1.807) is 0 Å². The number of hydrogen-bond acceptors (Lipinski definition) is 2. The Morgan fingerprint density at radius 2 is 1.96 bits per heavy atom. The summed E-state index contributed by atoms with van der Waals surface area (Å²) in [6.07, 6.45) is -5.13. The van der Waals surface area contributed by atoms with E-state index in [9.17, 15) is 26.7 Å². The molecular formula is C14H18F5N3O. The van der Waals surface area contributed by atoms with Crippen LogP contribution >= 0.6 is 0 Å². The third kappa shape index (κ3) is 4.20. The monoisotopic (exact) mass is 339 g/mol. The first-order valence-electron chi connectivity index (χ1n) is 7.35. The highest BCUT2D eigenvalue weighted by molar-refractivity contribution is 5.95. The molecule has 1 amide bonds. The molecular weight excluding hydrogens is 321 g/mol. The van der Waals surface area contributed by atoms with Crippen LogP contribution in [0.1, 0.15) is 48.2 Å². The first-order chi connectivity index (χ1) is 10.7. The van der Waals surface area contributed by atoms with Crippen molar-refractivity contribution in [1.29, 1.82) is 0 Å². The van der Waals surface area contributed by atoms with Gasteiger partial charge in [-0.2, -0.15) is 18.3 Å². The Bertz CT molecular complexity index is 547. The maximum Gasteiger partial charge on any atom is 0.391 e. The number of halogens is 5. The van der Waals surface area contributed by atoms with Crippen molar-refractivity contribution in [2.24, 2.45) is 18.9 Å². The minimum absolute atomic E-state index is 0.0409. The van der Waals surface area contributed by atoms with Crippen molar-refractivity contribution in [2.45, 2.75) is 38.3 Å². The third-order valence-corrected chi connectivity index (χ3v) is 4.30. The molecule has 0 bridgehead atoms. The number of carbonyl (C=O) groups is 1. The fraction of sp³-hybridized carbons (Fsp3) is 0.714. The summed E-state index contributed by atoms with van der Waals surface area (Å²) in [6.45, 7) is 0.182. The lowest BCUT2D eigenvalue weighted by molar-refractivity contribution is -0.183. The molecule has 1 aliphatic carbocycles. The number of amides is 1. The van der Waals surface area contributed by atoms with E-state index in [0.717, 1.165) is 10.9 Å². The lowest BCUT2D eigenvalue weighted by Gasteiger charge is -2.29. The van der Waals surface area contributed by atoms with E-state index in [0.29, 0.717) is 12.8 Å². The first-order valence-corrected chi connectivity index (χ1v) is 7.35. The Hall–Kier alpha value is -1.67. The Morgan fingerprint density at radius 3 is 2.48 bits per heavy atom. The molecule has 0 saturated heterocycles. The molecule has 4 nitrogen and oxygen atoms in total. The molecule has 9 heteroatoms. The Kier molecular flexibility index (Phi) is 5.26. The average Bonchev–Trinajstić information content (AvgIpc) is 2.86. The van der Waals surface area contributed by atoms with Crippen LogP contribution in [0.4, 0.5) is 22.0 Å². The summed E-state index contributed by atoms with van der Waals surface area (Å²) in [5.74, 6) is -2.02. The summed E-state index contributed by atoms with van der Waals surface area (Å²) in [5, 5.41) is 6.17. The highest BCUT2D eigenvalue weighted by Crippen LogP contribution is 2.39. The van der Waals surface area contributed by atoms with E-state index < -0.39 is 30.1 Å². The van der Waals surface area contributed by atoms with E-state index in [1.165, 1.54) is 7.05 Å². The second-order valence-electron chi connectivity index (χ2n) is 5.84. The largest absolute Gasteiger partial charge is 0.391 e. The molecule has 130 valence electrons. The molecule has 0 radical (unpaired) electrons. The molecule has 0 unspecified atom stereocenters. The number of aromatic nitrogens is 2. The molecule has 1 heterocycles. The van der Waals surface area contributed by atoms with Crippen LogP contribution in [-0.4, -0.2) is 28.4 Å². The molecule has 1 aromatic heterocycles. The number of nitrogens with zero attached hydrogens (tertiary/aromatic N) is 2. The van der Waals surface area contributed by atoms with Gasteiger partial charge in [-0.15, -0.1) is 0 Å². The van der Waals surface area contributed by atoms with Gasteiger partial charge in [-0.25, -0.2) is 8.78 Å². The van der Waals surface area contributed by atoms with E-state index >= 15 is 0 Å². The van der Waals surface area contributed by atoms with Gasteiger partial charge in [-0.3, -0.25) is 9.48 Å². The predicted octanol–water partition coefficient (Wildman–Crippen LogP) is 3.46. The van der Waals surface area contributed by atoms with Gasteiger partial charge in [-0.1, -0.05) is 0 Å². The summed E-state index contributed by atoms with van der Waals surface area (Å²) < 4.78 is 64.4. The van der Waals surface area contributed by atoms with E-state index in [1.807, 2.05) is 0 Å². The van der Waals surface area contributed by atoms with Crippen molar-refractivity contribution in [2.75, 3.05) is 6.54 Å². The minimum atomic E-state index is -4.17. The number of rotatable bonds is 4. The average molecular weight is 339 g/mol. The number of hydrogen-bond donors (Lipinski definition) is 1. The van der Waals surface area contributed by atoms with Crippen molar-refractivity contribution in [3.05, 3.63) is 17.5 Å². The number of aryl methyl sites for hydroxylation is 1. The smallest absolute Gasteiger partial charge is 0.352 e. The molecule has 1 fully saturated rings. The molecule has 1 aromatic rings. The Morgan fingerprint density at radius 1 is 1.35 bits per heavy atom. The quantitative estimate of drug-likeness (QED) is 0.854. The summed E-state index contributed by atoms with van der Waals surface area (Å²) in [7, 11) is 1.32. The maximum absolute atomic E-state index is 12.9. The predicted molar refractivity (Wildman–Crippen MR) is 72.0 cm³/mol.